The molecule has 0 aliphatic carbocycles. The molecule has 0 bridgehead atoms. The molecule has 0 radical (unpaired) electrons. The van der Waals surface area contributed by atoms with Crippen molar-refractivity contribution in [3.05, 3.63) is 78.4 Å². The Bertz CT molecular complexity index is 1010. The first-order chi connectivity index (χ1) is 14.2. The summed E-state index contributed by atoms with van der Waals surface area (Å²) in [7, 11) is 0. The molecule has 0 atom stereocenters. The topological polar surface area (TPSA) is 66.5 Å². The van der Waals surface area contributed by atoms with Gasteiger partial charge in [0, 0.05) is 19.3 Å². The third-order valence-electron chi connectivity index (χ3n) is 4.66. The van der Waals surface area contributed by atoms with Crippen LogP contribution in [0.15, 0.2) is 67.0 Å². The van der Waals surface area contributed by atoms with Gasteiger partial charge in [-0.1, -0.05) is 24.3 Å². The van der Waals surface area contributed by atoms with Gasteiger partial charge >= 0.3 is 0 Å². The van der Waals surface area contributed by atoms with E-state index in [2.05, 4.69) is 26.6 Å². The summed E-state index contributed by atoms with van der Waals surface area (Å²) in [6, 6.07) is 15.7. The molecule has 7 heteroatoms. The zero-order valence-corrected chi connectivity index (χ0v) is 15.8. The molecule has 0 spiro atoms. The Morgan fingerprint density at radius 2 is 1.72 bits per heavy atom. The lowest BCUT2D eigenvalue weighted by molar-refractivity contribution is 0.102. The van der Waals surface area contributed by atoms with Crippen LogP contribution < -0.4 is 15.5 Å². The largest absolute Gasteiger partial charge is 0.378 e. The van der Waals surface area contributed by atoms with Crippen molar-refractivity contribution in [2.24, 2.45) is 0 Å². The molecule has 1 aromatic heterocycles. The minimum atomic E-state index is -0.484. The molecular weight excluding hydrogens is 371 g/mol. The molecule has 0 saturated carbocycles. The van der Waals surface area contributed by atoms with E-state index in [4.69, 9.17) is 4.74 Å². The van der Waals surface area contributed by atoms with Gasteiger partial charge in [0.25, 0.3) is 5.91 Å². The maximum atomic E-state index is 13.8. The molecule has 6 nitrogen and oxygen atoms in total. The summed E-state index contributed by atoms with van der Waals surface area (Å²) in [5.41, 5.74) is 3.13. The summed E-state index contributed by atoms with van der Waals surface area (Å²) in [4.78, 5) is 18.9. The van der Waals surface area contributed by atoms with E-state index in [0.717, 1.165) is 24.5 Å². The quantitative estimate of drug-likeness (QED) is 0.686. The number of carbonyl (C=O) groups excluding carboxylic acids is 1. The number of para-hydroxylation sites is 3. The highest BCUT2D eigenvalue weighted by atomic mass is 19.1. The Morgan fingerprint density at radius 1 is 1.00 bits per heavy atom. The number of halogens is 1. The predicted molar refractivity (Wildman–Crippen MR) is 111 cm³/mol. The predicted octanol–water partition coefficient (Wildman–Crippen LogP) is 4.05. The molecular formula is C22H21FN4O2. The first kappa shape index (κ1) is 18.9. The SMILES string of the molecule is O=C(Nc1ccccc1F)c1cncc(Nc2ccccc2N2CCOCC2)c1. The van der Waals surface area contributed by atoms with E-state index in [1.807, 2.05) is 18.2 Å². The van der Waals surface area contributed by atoms with Crippen molar-refractivity contribution >= 4 is 28.7 Å². The molecule has 1 aliphatic rings. The van der Waals surface area contributed by atoms with E-state index in [0.29, 0.717) is 24.5 Å². The molecule has 1 amide bonds. The van der Waals surface area contributed by atoms with E-state index in [1.165, 1.54) is 18.3 Å². The number of nitrogens with one attached hydrogen (secondary N) is 2. The van der Waals surface area contributed by atoms with E-state index in [1.54, 1.807) is 24.4 Å². The molecule has 3 aromatic rings. The standard InChI is InChI=1S/C22H21FN4O2/c23-18-5-1-2-6-19(18)26-22(28)16-13-17(15-24-14-16)25-20-7-3-4-8-21(20)27-9-11-29-12-10-27/h1-8,13-15,25H,9-12H2,(H,26,28). The van der Waals surface area contributed by atoms with E-state index >= 15 is 0 Å². The van der Waals surface area contributed by atoms with Crippen LogP contribution in [0.2, 0.25) is 0 Å². The Labute approximate surface area is 168 Å². The van der Waals surface area contributed by atoms with E-state index < -0.39 is 11.7 Å². The number of nitrogens with zero attached hydrogens (tertiary/aromatic N) is 2. The Kier molecular flexibility index (Phi) is 5.67. The third-order valence-corrected chi connectivity index (χ3v) is 4.66. The average Bonchev–Trinajstić information content (AvgIpc) is 2.76. The van der Waals surface area contributed by atoms with Gasteiger partial charge in [-0.2, -0.15) is 0 Å². The fourth-order valence-electron chi connectivity index (χ4n) is 3.20. The summed E-state index contributed by atoms with van der Waals surface area (Å²) in [5.74, 6) is -0.907. The molecule has 2 heterocycles. The number of morpholine rings is 1. The molecule has 1 saturated heterocycles. The molecule has 148 valence electrons. The second-order valence-electron chi connectivity index (χ2n) is 6.64. The Morgan fingerprint density at radius 3 is 2.52 bits per heavy atom. The lowest BCUT2D eigenvalue weighted by Crippen LogP contribution is -2.36. The van der Waals surface area contributed by atoms with Gasteiger partial charge in [-0.3, -0.25) is 9.78 Å². The van der Waals surface area contributed by atoms with Gasteiger partial charge in [-0.15, -0.1) is 0 Å². The van der Waals surface area contributed by atoms with Crippen LogP contribution in [0.4, 0.5) is 27.1 Å². The number of rotatable bonds is 5. The highest BCUT2D eigenvalue weighted by Crippen LogP contribution is 2.29. The van der Waals surface area contributed by atoms with Crippen molar-refractivity contribution in [2.75, 3.05) is 41.8 Å². The van der Waals surface area contributed by atoms with Crippen LogP contribution in [0.1, 0.15) is 10.4 Å². The number of pyridine rings is 1. The molecule has 2 N–H and O–H groups in total. The van der Waals surface area contributed by atoms with Crippen LogP contribution in [0, 0.1) is 5.82 Å². The smallest absolute Gasteiger partial charge is 0.257 e. The van der Waals surface area contributed by atoms with E-state index in [9.17, 15) is 9.18 Å². The molecule has 1 aliphatic heterocycles. The fourth-order valence-corrected chi connectivity index (χ4v) is 3.20. The summed E-state index contributed by atoms with van der Waals surface area (Å²) < 4.78 is 19.2. The molecule has 0 unspecified atom stereocenters. The monoisotopic (exact) mass is 392 g/mol. The number of ether oxygens (including phenoxy) is 1. The summed E-state index contributed by atoms with van der Waals surface area (Å²) in [6.45, 7) is 3.03. The lowest BCUT2D eigenvalue weighted by atomic mass is 10.2. The second kappa shape index (κ2) is 8.70. The maximum absolute atomic E-state index is 13.8. The molecule has 1 fully saturated rings. The van der Waals surface area contributed by atoms with Gasteiger partial charge < -0.3 is 20.3 Å². The highest BCUT2D eigenvalue weighted by molar-refractivity contribution is 6.04. The van der Waals surface area contributed by atoms with Crippen LogP contribution in [0.3, 0.4) is 0 Å². The van der Waals surface area contributed by atoms with Crippen molar-refractivity contribution in [3.8, 4) is 0 Å². The van der Waals surface area contributed by atoms with Crippen molar-refractivity contribution < 1.29 is 13.9 Å². The third kappa shape index (κ3) is 4.52. The molecule has 4 rings (SSSR count). The number of anilines is 4. The van der Waals surface area contributed by atoms with Gasteiger partial charge in [0.15, 0.2) is 0 Å². The van der Waals surface area contributed by atoms with E-state index in [-0.39, 0.29) is 5.69 Å². The first-order valence-corrected chi connectivity index (χ1v) is 9.40. The normalized spacial score (nSPS) is 13.8. The van der Waals surface area contributed by atoms with Crippen LogP contribution in [0.5, 0.6) is 0 Å². The number of amides is 1. The van der Waals surface area contributed by atoms with Gasteiger partial charge in [-0.25, -0.2) is 4.39 Å². The maximum Gasteiger partial charge on any atom is 0.257 e. The van der Waals surface area contributed by atoms with Gasteiger partial charge in [0.05, 0.1) is 47.7 Å². The number of hydrogen-bond acceptors (Lipinski definition) is 5. The van der Waals surface area contributed by atoms with Crippen LogP contribution in [0.25, 0.3) is 0 Å². The van der Waals surface area contributed by atoms with Crippen LogP contribution in [-0.4, -0.2) is 37.2 Å². The van der Waals surface area contributed by atoms with Crippen molar-refractivity contribution in [3.63, 3.8) is 0 Å². The zero-order valence-electron chi connectivity index (χ0n) is 15.8. The molecule has 2 aromatic carbocycles. The van der Waals surface area contributed by atoms with Gasteiger partial charge in [0.2, 0.25) is 0 Å². The van der Waals surface area contributed by atoms with Crippen molar-refractivity contribution in [1.82, 2.24) is 4.98 Å². The fraction of sp³-hybridized carbons (Fsp3) is 0.182. The Balaban J connectivity index is 1.53. The average molecular weight is 392 g/mol. The minimum absolute atomic E-state index is 0.133. The van der Waals surface area contributed by atoms with Gasteiger partial charge in [0.1, 0.15) is 5.82 Å². The summed E-state index contributed by atoms with van der Waals surface area (Å²) in [6.07, 6.45) is 3.10. The van der Waals surface area contributed by atoms with Gasteiger partial charge in [-0.05, 0) is 30.3 Å². The van der Waals surface area contributed by atoms with Crippen LogP contribution >= 0.6 is 0 Å². The summed E-state index contributed by atoms with van der Waals surface area (Å²) >= 11 is 0. The first-order valence-electron chi connectivity index (χ1n) is 9.40. The number of benzene rings is 2. The lowest BCUT2D eigenvalue weighted by Gasteiger charge is -2.30. The molecule has 29 heavy (non-hydrogen) atoms. The number of carbonyl (C=O) groups is 1. The van der Waals surface area contributed by atoms with Crippen molar-refractivity contribution in [1.29, 1.82) is 0 Å². The zero-order chi connectivity index (χ0) is 20.1. The summed E-state index contributed by atoms with van der Waals surface area (Å²) in [5, 5.41) is 5.92. The van der Waals surface area contributed by atoms with Crippen LogP contribution in [-0.2, 0) is 4.74 Å². The van der Waals surface area contributed by atoms with Crippen molar-refractivity contribution in [2.45, 2.75) is 0 Å². The number of aromatic nitrogens is 1. The highest BCUT2D eigenvalue weighted by Gasteiger charge is 2.15. The number of hydrogen-bond donors (Lipinski definition) is 2. The minimum Gasteiger partial charge on any atom is -0.378 e. The Hall–Kier alpha value is -3.45. The second-order valence-corrected chi connectivity index (χ2v) is 6.64.